The predicted octanol–water partition coefficient (Wildman–Crippen LogP) is 3.04. The maximum absolute atomic E-state index is 13.3. The van der Waals surface area contributed by atoms with Gasteiger partial charge >= 0.3 is 6.09 Å². The Bertz CT molecular complexity index is 1170. The number of carbonyl (C=O) groups excluding carboxylic acids is 4. The molecule has 1 aliphatic heterocycles. The number of hydrogen-bond acceptors (Lipinski definition) is 6. The van der Waals surface area contributed by atoms with Crippen LogP contribution in [0.5, 0.6) is 0 Å². The first-order valence-corrected chi connectivity index (χ1v) is 10.8. The third-order valence-corrected chi connectivity index (χ3v) is 5.99. The summed E-state index contributed by atoms with van der Waals surface area (Å²) in [4.78, 5) is 51.2. The van der Waals surface area contributed by atoms with Gasteiger partial charge in [-0.3, -0.25) is 19.3 Å². The van der Waals surface area contributed by atoms with Crippen LogP contribution in [0.2, 0.25) is 0 Å². The Balaban J connectivity index is 1.53. The van der Waals surface area contributed by atoms with Crippen LogP contribution in [0.15, 0.2) is 42.5 Å². The summed E-state index contributed by atoms with van der Waals surface area (Å²) < 4.78 is 5.32. The molecule has 2 amide bonds. The largest absolute Gasteiger partial charge is 0.442 e. The van der Waals surface area contributed by atoms with Crippen molar-refractivity contribution in [3.8, 4) is 6.07 Å². The van der Waals surface area contributed by atoms with E-state index < -0.39 is 18.1 Å². The molecule has 4 rings (SSSR count). The second-order valence-electron chi connectivity index (χ2n) is 8.26. The van der Waals surface area contributed by atoms with Crippen molar-refractivity contribution < 1.29 is 23.9 Å². The van der Waals surface area contributed by atoms with E-state index >= 15 is 0 Å². The average Bonchev–Trinajstić information content (AvgIpc) is 3.11. The van der Waals surface area contributed by atoms with Gasteiger partial charge in [0.05, 0.1) is 30.6 Å². The average molecular weight is 445 g/mol. The lowest BCUT2D eigenvalue weighted by molar-refractivity contribution is -0.119. The molecule has 168 valence electrons. The highest BCUT2D eigenvalue weighted by Crippen LogP contribution is 2.31. The summed E-state index contributed by atoms with van der Waals surface area (Å²) in [6, 6.07) is 13.5. The summed E-state index contributed by atoms with van der Waals surface area (Å²) in [7, 11) is 0. The fourth-order valence-electron chi connectivity index (χ4n) is 4.27. The Morgan fingerprint density at radius 2 is 1.94 bits per heavy atom. The molecule has 1 aliphatic carbocycles. The zero-order valence-corrected chi connectivity index (χ0v) is 18.2. The number of hydrogen-bond donors (Lipinski definition) is 1. The van der Waals surface area contributed by atoms with E-state index in [1.165, 1.54) is 11.8 Å². The lowest BCUT2D eigenvalue weighted by Crippen LogP contribution is -2.33. The Hall–Kier alpha value is -3.99. The van der Waals surface area contributed by atoms with Crippen molar-refractivity contribution in [2.75, 3.05) is 18.0 Å². The van der Waals surface area contributed by atoms with Crippen molar-refractivity contribution in [2.45, 2.75) is 32.3 Å². The molecular weight excluding hydrogens is 422 g/mol. The number of aryl methyl sites for hydroxylation is 1. The number of ketones is 2. The number of fused-ring (bicyclic) bond motifs is 1. The zero-order valence-electron chi connectivity index (χ0n) is 18.2. The number of rotatable bonds is 5. The summed E-state index contributed by atoms with van der Waals surface area (Å²) in [5.41, 5.74) is 2.78. The van der Waals surface area contributed by atoms with E-state index in [0.717, 1.165) is 5.56 Å². The van der Waals surface area contributed by atoms with E-state index in [4.69, 9.17) is 10.00 Å². The van der Waals surface area contributed by atoms with Crippen LogP contribution in [0.25, 0.3) is 0 Å². The number of benzene rings is 2. The number of nitriles is 1. The molecule has 0 aromatic heterocycles. The van der Waals surface area contributed by atoms with Gasteiger partial charge < -0.3 is 10.1 Å². The van der Waals surface area contributed by atoms with E-state index in [9.17, 15) is 19.2 Å². The van der Waals surface area contributed by atoms with Crippen LogP contribution >= 0.6 is 0 Å². The Morgan fingerprint density at radius 1 is 1.18 bits per heavy atom. The van der Waals surface area contributed by atoms with Crippen LogP contribution in [0.4, 0.5) is 10.5 Å². The molecule has 8 heteroatoms. The van der Waals surface area contributed by atoms with Gasteiger partial charge in [0.2, 0.25) is 5.91 Å². The van der Waals surface area contributed by atoms with Gasteiger partial charge in [-0.15, -0.1) is 0 Å². The van der Waals surface area contributed by atoms with Crippen molar-refractivity contribution in [3.05, 3.63) is 64.7 Å². The Labute approximate surface area is 191 Å². The molecule has 1 N–H and O–H groups in total. The fraction of sp³-hybridized carbons (Fsp3) is 0.320. The minimum Gasteiger partial charge on any atom is -0.442 e. The van der Waals surface area contributed by atoms with Gasteiger partial charge in [-0.05, 0) is 55.2 Å². The first-order valence-electron chi connectivity index (χ1n) is 10.8. The van der Waals surface area contributed by atoms with E-state index in [2.05, 4.69) is 5.32 Å². The number of nitrogens with one attached hydrogen (secondary N) is 1. The molecule has 2 aromatic rings. The van der Waals surface area contributed by atoms with Gasteiger partial charge in [0.15, 0.2) is 11.6 Å². The topological polar surface area (TPSA) is 117 Å². The lowest BCUT2D eigenvalue weighted by Gasteiger charge is -2.16. The standard InChI is InChI=1S/C25H23N3O5/c1-15(29)27-13-20-14-28(25(32)33-20)19-9-10-21-18(11-19)3-2-4-22(24(21)31)23(30)17-7-5-16(12-26)6-8-17/h5-11,20,22H,2-4,13-14H2,1H3,(H,27,29)/t20-,22+/m0/s1. The maximum Gasteiger partial charge on any atom is 0.414 e. The molecule has 2 aromatic carbocycles. The van der Waals surface area contributed by atoms with Gasteiger partial charge in [-0.1, -0.05) is 12.1 Å². The van der Waals surface area contributed by atoms with E-state index in [-0.39, 0.29) is 24.0 Å². The maximum atomic E-state index is 13.3. The van der Waals surface area contributed by atoms with Crippen LogP contribution in [-0.4, -0.2) is 42.8 Å². The van der Waals surface area contributed by atoms with E-state index in [1.54, 1.807) is 36.4 Å². The van der Waals surface area contributed by atoms with Crippen LogP contribution in [0, 0.1) is 17.2 Å². The highest BCUT2D eigenvalue weighted by molar-refractivity contribution is 6.17. The smallest absolute Gasteiger partial charge is 0.414 e. The van der Waals surface area contributed by atoms with Gasteiger partial charge in [-0.2, -0.15) is 5.26 Å². The number of Topliss-reactive ketones (excluding diaryl/α,β-unsaturated/α-hetero) is 2. The zero-order chi connectivity index (χ0) is 23.5. The number of amides is 2. The quantitative estimate of drug-likeness (QED) is 0.430. The first kappa shape index (κ1) is 22.2. The lowest BCUT2D eigenvalue weighted by atomic mass is 9.88. The van der Waals surface area contributed by atoms with Gasteiger partial charge in [0, 0.05) is 23.7 Å². The SMILES string of the molecule is CC(=O)NC[C@H]1CN(c2ccc3c(c2)CCC[C@H](C(=O)c2ccc(C#N)cc2)C3=O)C(=O)O1. The third kappa shape index (κ3) is 4.62. The van der Waals surface area contributed by atoms with Crippen molar-refractivity contribution in [1.82, 2.24) is 5.32 Å². The molecule has 0 unspecified atom stereocenters. The number of nitrogens with zero attached hydrogens (tertiary/aromatic N) is 2. The van der Waals surface area contributed by atoms with Crippen molar-refractivity contribution >= 4 is 29.3 Å². The van der Waals surface area contributed by atoms with Crippen LogP contribution < -0.4 is 10.2 Å². The minimum atomic E-state index is -0.774. The molecule has 8 nitrogen and oxygen atoms in total. The molecule has 33 heavy (non-hydrogen) atoms. The second kappa shape index (κ2) is 9.25. The number of ether oxygens (including phenoxy) is 1. The first-order chi connectivity index (χ1) is 15.9. The summed E-state index contributed by atoms with van der Waals surface area (Å²) >= 11 is 0. The van der Waals surface area contributed by atoms with Gasteiger partial charge in [0.1, 0.15) is 6.10 Å². The second-order valence-corrected chi connectivity index (χ2v) is 8.26. The number of carbonyl (C=O) groups is 4. The molecule has 0 saturated carbocycles. The van der Waals surface area contributed by atoms with Crippen molar-refractivity contribution in [1.29, 1.82) is 5.26 Å². The predicted molar refractivity (Wildman–Crippen MR) is 119 cm³/mol. The Morgan fingerprint density at radius 3 is 2.64 bits per heavy atom. The third-order valence-electron chi connectivity index (χ3n) is 5.99. The van der Waals surface area contributed by atoms with Crippen molar-refractivity contribution in [3.63, 3.8) is 0 Å². The summed E-state index contributed by atoms with van der Waals surface area (Å²) in [6.07, 6.45) is 0.761. The minimum absolute atomic E-state index is 0.196. The Kier molecular flexibility index (Phi) is 6.22. The molecule has 1 saturated heterocycles. The molecule has 1 fully saturated rings. The summed E-state index contributed by atoms with van der Waals surface area (Å²) in [6.45, 7) is 1.93. The monoisotopic (exact) mass is 445 g/mol. The number of cyclic esters (lactones) is 1. The van der Waals surface area contributed by atoms with Crippen LogP contribution in [-0.2, 0) is 16.0 Å². The van der Waals surface area contributed by atoms with Gasteiger partial charge in [0.25, 0.3) is 0 Å². The normalized spacial score (nSPS) is 19.8. The summed E-state index contributed by atoms with van der Waals surface area (Å²) in [5.74, 6) is -1.44. The molecule has 0 radical (unpaired) electrons. The van der Waals surface area contributed by atoms with Crippen molar-refractivity contribution in [2.24, 2.45) is 5.92 Å². The number of anilines is 1. The molecule has 1 heterocycles. The van der Waals surface area contributed by atoms with E-state index in [1.807, 2.05) is 12.1 Å². The molecule has 2 aliphatic rings. The van der Waals surface area contributed by atoms with Gasteiger partial charge in [-0.25, -0.2) is 4.79 Å². The molecule has 0 bridgehead atoms. The van der Waals surface area contributed by atoms with Crippen LogP contribution in [0.1, 0.15) is 51.6 Å². The molecule has 0 spiro atoms. The highest BCUT2D eigenvalue weighted by Gasteiger charge is 2.35. The van der Waals surface area contributed by atoms with Crippen LogP contribution in [0.3, 0.4) is 0 Å². The molecule has 2 atom stereocenters. The summed E-state index contributed by atoms with van der Waals surface area (Å²) in [5, 5.41) is 11.6. The molecular formula is C25H23N3O5. The highest BCUT2D eigenvalue weighted by atomic mass is 16.6. The van der Waals surface area contributed by atoms with E-state index in [0.29, 0.717) is 48.2 Å². The fourth-order valence-corrected chi connectivity index (χ4v) is 4.27.